The number of fused-ring (bicyclic) bond motifs is 1. The Bertz CT molecular complexity index is 578. The fourth-order valence-electron chi connectivity index (χ4n) is 2.39. The summed E-state index contributed by atoms with van der Waals surface area (Å²) in [7, 11) is 1.31. The predicted molar refractivity (Wildman–Crippen MR) is 75.2 cm³/mol. The normalized spacial score (nSPS) is 12.8. The first-order valence-corrected chi connectivity index (χ1v) is 7.57. The first-order valence-electron chi connectivity index (χ1n) is 6.75. The number of ether oxygens (including phenoxy) is 1. The van der Waals surface area contributed by atoms with Crippen LogP contribution in [0.4, 0.5) is 5.00 Å². The first-order chi connectivity index (χ1) is 10.0. The topological polar surface area (TPSA) is 95.5 Å². The van der Waals surface area contributed by atoms with Gasteiger partial charge in [0.15, 0.2) is 0 Å². The molecule has 1 N–H and O–H groups in total. The van der Waals surface area contributed by atoms with Gasteiger partial charge in [-0.15, -0.1) is 11.3 Å². The van der Waals surface area contributed by atoms with Crippen LogP contribution in [0.15, 0.2) is 0 Å². The van der Waals surface area contributed by atoms with Crippen molar-refractivity contribution in [2.45, 2.75) is 38.5 Å². The summed E-state index contributed by atoms with van der Waals surface area (Å²) in [6, 6.07) is 0. The Morgan fingerprint density at radius 1 is 1.29 bits per heavy atom. The van der Waals surface area contributed by atoms with Crippen LogP contribution >= 0.6 is 11.3 Å². The van der Waals surface area contributed by atoms with E-state index in [2.05, 4.69) is 5.32 Å². The van der Waals surface area contributed by atoms with Gasteiger partial charge in [-0.25, -0.2) is 4.79 Å². The highest BCUT2D eigenvalue weighted by molar-refractivity contribution is 7.17. The van der Waals surface area contributed by atoms with E-state index in [-0.39, 0.29) is 25.2 Å². The van der Waals surface area contributed by atoms with Crippen molar-refractivity contribution in [3.8, 4) is 0 Å². The summed E-state index contributed by atoms with van der Waals surface area (Å²) in [5, 5.41) is 13.5. The van der Waals surface area contributed by atoms with Crippen molar-refractivity contribution in [1.29, 1.82) is 0 Å². The molecule has 2 rings (SSSR count). The van der Waals surface area contributed by atoms with E-state index in [4.69, 9.17) is 4.74 Å². The number of rotatable bonds is 6. The van der Waals surface area contributed by atoms with Gasteiger partial charge < -0.3 is 20.0 Å². The largest absolute Gasteiger partial charge is 0.550 e. The van der Waals surface area contributed by atoms with Crippen LogP contribution in [0.5, 0.6) is 0 Å². The summed E-state index contributed by atoms with van der Waals surface area (Å²) in [6.07, 6.45) is 2.87. The maximum atomic E-state index is 11.9. The quantitative estimate of drug-likeness (QED) is 0.787. The molecule has 21 heavy (non-hydrogen) atoms. The van der Waals surface area contributed by atoms with E-state index >= 15 is 0 Å². The number of esters is 1. The Balaban J connectivity index is 2.08. The number of carboxylic acid groups (broad SMARTS) is 1. The van der Waals surface area contributed by atoms with Gasteiger partial charge in [0.1, 0.15) is 5.00 Å². The van der Waals surface area contributed by atoms with E-state index in [1.54, 1.807) is 0 Å². The lowest BCUT2D eigenvalue weighted by Crippen LogP contribution is -2.22. The number of nitrogens with one attached hydrogen (secondary N) is 1. The van der Waals surface area contributed by atoms with Crippen molar-refractivity contribution in [3.05, 3.63) is 16.0 Å². The molecule has 1 aliphatic carbocycles. The molecular weight excluding hydrogens is 294 g/mol. The second kappa shape index (κ2) is 6.71. The number of carboxylic acids is 1. The lowest BCUT2D eigenvalue weighted by molar-refractivity contribution is -0.305. The highest BCUT2D eigenvalue weighted by Crippen LogP contribution is 2.39. The summed E-state index contributed by atoms with van der Waals surface area (Å²) in [5.74, 6) is -1.92. The highest BCUT2D eigenvalue weighted by atomic mass is 32.1. The number of amides is 1. The van der Waals surface area contributed by atoms with Crippen molar-refractivity contribution in [1.82, 2.24) is 0 Å². The Hall–Kier alpha value is -1.89. The number of thiophene rings is 1. The molecule has 1 heterocycles. The molecule has 0 aliphatic heterocycles. The minimum absolute atomic E-state index is 0.0805. The predicted octanol–water partition coefficient (Wildman–Crippen LogP) is 0.882. The van der Waals surface area contributed by atoms with Gasteiger partial charge in [0.05, 0.1) is 12.7 Å². The highest BCUT2D eigenvalue weighted by Gasteiger charge is 2.27. The zero-order valence-electron chi connectivity index (χ0n) is 11.7. The van der Waals surface area contributed by atoms with Crippen LogP contribution in [-0.4, -0.2) is 25.0 Å². The van der Waals surface area contributed by atoms with Crippen LogP contribution in [0.25, 0.3) is 0 Å². The molecule has 0 unspecified atom stereocenters. The summed E-state index contributed by atoms with van der Waals surface area (Å²) in [5.41, 5.74) is 1.42. The molecule has 1 aliphatic rings. The maximum absolute atomic E-state index is 11.9. The fourth-order valence-corrected chi connectivity index (χ4v) is 3.69. The molecule has 1 aromatic rings. The molecule has 0 saturated heterocycles. The van der Waals surface area contributed by atoms with Crippen molar-refractivity contribution >= 4 is 34.2 Å². The number of hydrogen-bond acceptors (Lipinski definition) is 6. The summed E-state index contributed by atoms with van der Waals surface area (Å²) in [6.45, 7) is 0. The molecule has 0 aromatic carbocycles. The van der Waals surface area contributed by atoms with Crippen LogP contribution in [0.1, 0.15) is 46.5 Å². The van der Waals surface area contributed by atoms with E-state index in [9.17, 15) is 19.5 Å². The van der Waals surface area contributed by atoms with Crippen LogP contribution in [0.2, 0.25) is 0 Å². The van der Waals surface area contributed by atoms with Gasteiger partial charge in [-0.2, -0.15) is 0 Å². The molecule has 7 heteroatoms. The average Bonchev–Trinajstić information content (AvgIpc) is 2.97. The summed E-state index contributed by atoms with van der Waals surface area (Å²) >= 11 is 1.40. The summed E-state index contributed by atoms with van der Waals surface area (Å²) < 4.78 is 4.79. The van der Waals surface area contributed by atoms with Gasteiger partial charge >= 0.3 is 5.97 Å². The van der Waals surface area contributed by atoms with E-state index in [0.717, 1.165) is 29.7 Å². The molecule has 0 bridgehead atoms. The van der Waals surface area contributed by atoms with Crippen LogP contribution in [-0.2, 0) is 27.2 Å². The van der Waals surface area contributed by atoms with Crippen LogP contribution in [0.3, 0.4) is 0 Å². The Kier molecular flexibility index (Phi) is 4.95. The van der Waals surface area contributed by atoms with Gasteiger partial charge in [-0.1, -0.05) is 0 Å². The van der Waals surface area contributed by atoms with Gasteiger partial charge in [0.2, 0.25) is 5.91 Å². The zero-order valence-corrected chi connectivity index (χ0v) is 12.5. The minimum Gasteiger partial charge on any atom is -0.550 e. The smallest absolute Gasteiger partial charge is 0.341 e. The van der Waals surface area contributed by atoms with E-state index in [1.165, 1.54) is 18.4 Å². The number of carbonyl (C=O) groups is 3. The third-order valence-corrected chi connectivity index (χ3v) is 4.56. The second-order valence-corrected chi connectivity index (χ2v) is 5.93. The third kappa shape index (κ3) is 3.60. The standard InChI is InChI=1S/C14H17NO5S/c1-20-14(19)12-8-4-2-5-9(8)21-13(12)15-10(16)6-3-7-11(17)18/h2-7H2,1H3,(H,15,16)(H,17,18)/p-1. The molecule has 0 fully saturated rings. The lowest BCUT2D eigenvalue weighted by Gasteiger charge is -2.07. The van der Waals surface area contributed by atoms with Crippen LogP contribution in [0, 0.1) is 0 Å². The number of anilines is 1. The minimum atomic E-state index is -1.17. The number of methoxy groups -OCH3 is 1. The molecule has 0 atom stereocenters. The van der Waals surface area contributed by atoms with Crippen LogP contribution < -0.4 is 10.4 Å². The fraction of sp³-hybridized carbons (Fsp3) is 0.500. The number of aryl methyl sites for hydroxylation is 1. The first kappa shape index (κ1) is 15.5. The average molecular weight is 310 g/mol. The number of hydrogen-bond donors (Lipinski definition) is 1. The Labute approximate surface area is 126 Å². The molecule has 0 spiro atoms. The van der Waals surface area contributed by atoms with Crippen molar-refractivity contribution in [2.24, 2.45) is 0 Å². The monoisotopic (exact) mass is 310 g/mol. The molecule has 0 saturated carbocycles. The molecule has 1 amide bonds. The third-order valence-electron chi connectivity index (χ3n) is 3.35. The van der Waals surface area contributed by atoms with Gasteiger partial charge in [0.25, 0.3) is 0 Å². The molecular formula is C14H16NO5S-. The maximum Gasteiger partial charge on any atom is 0.341 e. The molecule has 0 radical (unpaired) electrons. The summed E-state index contributed by atoms with van der Waals surface area (Å²) in [4.78, 5) is 35.1. The number of aliphatic carboxylic acids is 1. The Morgan fingerprint density at radius 3 is 2.71 bits per heavy atom. The SMILES string of the molecule is COC(=O)c1c(NC(=O)CCCC(=O)[O-])sc2c1CCC2. The Morgan fingerprint density at radius 2 is 2.05 bits per heavy atom. The zero-order chi connectivity index (χ0) is 15.4. The van der Waals surface area contributed by atoms with Crippen molar-refractivity contribution in [2.75, 3.05) is 12.4 Å². The van der Waals surface area contributed by atoms with Gasteiger partial charge in [-0.3, -0.25) is 4.79 Å². The molecule has 6 nitrogen and oxygen atoms in total. The van der Waals surface area contributed by atoms with E-state index in [0.29, 0.717) is 10.6 Å². The van der Waals surface area contributed by atoms with Crippen molar-refractivity contribution in [3.63, 3.8) is 0 Å². The van der Waals surface area contributed by atoms with E-state index < -0.39 is 11.9 Å². The number of carbonyl (C=O) groups excluding carboxylic acids is 3. The van der Waals surface area contributed by atoms with Gasteiger partial charge in [0, 0.05) is 17.3 Å². The molecule has 1 aromatic heterocycles. The van der Waals surface area contributed by atoms with Gasteiger partial charge in [-0.05, 0) is 37.7 Å². The van der Waals surface area contributed by atoms with E-state index in [1.807, 2.05) is 0 Å². The van der Waals surface area contributed by atoms with Crippen molar-refractivity contribution < 1.29 is 24.2 Å². The second-order valence-electron chi connectivity index (χ2n) is 4.83. The lowest BCUT2D eigenvalue weighted by atomic mass is 10.1. The molecule has 114 valence electrons.